The van der Waals surface area contributed by atoms with Crippen molar-refractivity contribution in [3.8, 4) is 0 Å². The second-order valence-corrected chi connectivity index (χ2v) is 12.5. The lowest BCUT2D eigenvalue weighted by atomic mass is 9.83. The van der Waals surface area contributed by atoms with Crippen molar-refractivity contribution in [2.24, 2.45) is 5.92 Å². The molecule has 3 aromatic carbocycles. The summed E-state index contributed by atoms with van der Waals surface area (Å²) in [5.74, 6) is -2.80. The van der Waals surface area contributed by atoms with Crippen LogP contribution in [-0.4, -0.2) is 40.6 Å². The topological polar surface area (TPSA) is 91.7 Å². The number of nitrogens with zero attached hydrogens (tertiary/aromatic N) is 3. The molecule has 1 N–H and O–H groups in total. The maximum atomic E-state index is 14.0. The number of halogens is 1. The molecule has 6 rings (SSSR count). The van der Waals surface area contributed by atoms with Gasteiger partial charge in [-0.25, -0.2) is 9.29 Å². The summed E-state index contributed by atoms with van der Waals surface area (Å²) in [6.07, 6.45) is 0. The molecule has 11 heteroatoms. The maximum Gasteiger partial charge on any atom is 0.308 e. The number of hydrogen-bond acceptors (Lipinski definition) is 7. The van der Waals surface area contributed by atoms with Crippen LogP contribution in [0.3, 0.4) is 0 Å². The molecule has 1 aromatic heterocycles. The van der Waals surface area contributed by atoms with Crippen LogP contribution in [0.5, 0.6) is 0 Å². The van der Waals surface area contributed by atoms with Crippen molar-refractivity contribution in [1.82, 2.24) is 4.57 Å². The summed E-state index contributed by atoms with van der Waals surface area (Å²) in [6, 6.07) is 22.2. The van der Waals surface area contributed by atoms with Gasteiger partial charge in [0, 0.05) is 35.3 Å². The molecule has 3 amide bonds. The quantitative estimate of drug-likeness (QED) is 0.269. The molecule has 8 nitrogen and oxygen atoms in total. The minimum Gasteiger partial charge on any atom is -0.372 e. The van der Waals surface area contributed by atoms with Crippen molar-refractivity contribution >= 4 is 57.9 Å². The number of amides is 3. The van der Waals surface area contributed by atoms with E-state index in [1.54, 1.807) is 24.3 Å². The van der Waals surface area contributed by atoms with E-state index in [0.717, 1.165) is 35.7 Å². The minimum absolute atomic E-state index is 0.287. The summed E-state index contributed by atoms with van der Waals surface area (Å²) in [6.45, 7) is 5.56. The summed E-state index contributed by atoms with van der Waals surface area (Å²) in [7, 11) is 0. The third kappa shape index (κ3) is 5.27. The molecule has 3 heterocycles. The first-order valence-corrected chi connectivity index (χ1v) is 15.7. The number of carbonyl (C=O) groups is 3. The van der Waals surface area contributed by atoms with E-state index >= 15 is 0 Å². The highest BCUT2D eigenvalue weighted by molar-refractivity contribution is 8.00. The van der Waals surface area contributed by atoms with E-state index in [9.17, 15) is 23.6 Å². The Labute approximate surface area is 256 Å². The summed E-state index contributed by atoms with van der Waals surface area (Å²) < 4.78 is 14.7. The molecule has 1 fully saturated rings. The highest BCUT2D eigenvalue weighted by atomic mass is 32.2. The van der Waals surface area contributed by atoms with Gasteiger partial charge < -0.3 is 10.2 Å². The number of thioether (sulfide) groups is 1. The number of nitrogens with one attached hydrogen (secondary N) is 1. The van der Waals surface area contributed by atoms with Gasteiger partial charge in [0.2, 0.25) is 17.7 Å². The average Bonchev–Trinajstić information content (AvgIpc) is 3.46. The van der Waals surface area contributed by atoms with Gasteiger partial charge in [-0.05, 0) is 67.9 Å². The molecular weight excluding hydrogens is 588 g/mol. The first kappa shape index (κ1) is 28.9. The summed E-state index contributed by atoms with van der Waals surface area (Å²) in [5.41, 5.74) is 2.77. The van der Waals surface area contributed by atoms with E-state index in [4.69, 9.17) is 0 Å². The minimum atomic E-state index is -0.770. The van der Waals surface area contributed by atoms with Crippen molar-refractivity contribution in [3.05, 3.63) is 105 Å². The summed E-state index contributed by atoms with van der Waals surface area (Å²) in [4.78, 5) is 58.0. The van der Waals surface area contributed by atoms with E-state index in [1.807, 2.05) is 30.3 Å². The van der Waals surface area contributed by atoms with Gasteiger partial charge in [-0.3, -0.25) is 23.7 Å². The van der Waals surface area contributed by atoms with Crippen LogP contribution in [0.1, 0.15) is 30.2 Å². The van der Waals surface area contributed by atoms with Gasteiger partial charge >= 0.3 is 4.87 Å². The third-order valence-electron chi connectivity index (χ3n) is 7.87. The van der Waals surface area contributed by atoms with Crippen LogP contribution >= 0.6 is 23.1 Å². The molecular formula is C32H29FN4O4S2. The fourth-order valence-electron chi connectivity index (χ4n) is 5.80. The fraction of sp³-hybridized carbons (Fsp3) is 0.250. The van der Waals surface area contributed by atoms with Gasteiger partial charge in [-0.1, -0.05) is 53.4 Å². The zero-order chi connectivity index (χ0) is 30.2. The van der Waals surface area contributed by atoms with Gasteiger partial charge in [0.15, 0.2) is 0 Å². The molecule has 43 heavy (non-hydrogen) atoms. The molecule has 220 valence electrons. The molecule has 2 aliphatic heterocycles. The number of thiazole rings is 1. The van der Waals surface area contributed by atoms with Crippen LogP contribution in [-0.2, 0) is 20.9 Å². The second kappa shape index (κ2) is 11.8. The molecule has 0 aliphatic carbocycles. The SMILES string of the molecule is CCN(CC)c1ccc(C2c3sc(=O)n(CC(=O)Nc4ccc(F)cc4)c3SC3C(=O)N(c4ccccc4)C(=O)C32)cc1. The van der Waals surface area contributed by atoms with E-state index in [-0.39, 0.29) is 23.2 Å². The number of anilines is 3. The lowest BCUT2D eigenvalue weighted by molar-refractivity contribution is -0.122. The Morgan fingerprint density at radius 2 is 1.58 bits per heavy atom. The number of para-hydroxylation sites is 1. The Hall–Kier alpha value is -4.22. The number of hydrogen-bond donors (Lipinski definition) is 1. The molecule has 2 aliphatic rings. The van der Waals surface area contributed by atoms with Crippen molar-refractivity contribution < 1.29 is 18.8 Å². The largest absolute Gasteiger partial charge is 0.372 e. The molecule has 3 unspecified atom stereocenters. The third-order valence-corrected chi connectivity index (χ3v) is 10.5. The van der Waals surface area contributed by atoms with Gasteiger partial charge in [-0.2, -0.15) is 0 Å². The second-order valence-electron chi connectivity index (χ2n) is 10.3. The molecule has 0 saturated carbocycles. The lowest BCUT2D eigenvalue weighted by Gasteiger charge is -2.31. The Kier molecular flexibility index (Phi) is 7.93. The van der Waals surface area contributed by atoms with Gasteiger partial charge in [0.1, 0.15) is 17.6 Å². The fourth-order valence-corrected chi connectivity index (χ4v) is 8.58. The average molecular weight is 617 g/mol. The van der Waals surface area contributed by atoms with Crippen molar-refractivity contribution in [2.75, 3.05) is 28.2 Å². The van der Waals surface area contributed by atoms with Crippen molar-refractivity contribution in [2.45, 2.75) is 36.6 Å². The Morgan fingerprint density at radius 1 is 0.907 bits per heavy atom. The molecule has 4 aromatic rings. The zero-order valence-electron chi connectivity index (χ0n) is 23.5. The van der Waals surface area contributed by atoms with Crippen LogP contribution < -0.4 is 20.0 Å². The van der Waals surface area contributed by atoms with E-state index in [1.165, 1.54) is 45.5 Å². The van der Waals surface area contributed by atoms with Crippen LogP contribution in [0, 0.1) is 11.7 Å². The molecule has 3 atom stereocenters. The predicted molar refractivity (Wildman–Crippen MR) is 168 cm³/mol. The van der Waals surface area contributed by atoms with Gasteiger partial charge in [-0.15, -0.1) is 0 Å². The Bertz CT molecular complexity index is 1730. The number of benzene rings is 3. The number of aromatic nitrogens is 1. The number of carbonyl (C=O) groups excluding carboxylic acids is 3. The molecule has 0 radical (unpaired) electrons. The number of rotatable bonds is 8. The number of fused-ring (bicyclic) bond motifs is 2. The monoisotopic (exact) mass is 616 g/mol. The summed E-state index contributed by atoms with van der Waals surface area (Å²) in [5, 5.41) is 2.44. The van der Waals surface area contributed by atoms with E-state index in [0.29, 0.717) is 21.3 Å². The van der Waals surface area contributed by atoms with Crippen LogP contribution in [0.2, 0.25) is 0 Å². The van der Waals surface area contributed by atoms with E-state index in [2.05, 4.69) is 24.1 Å². The maximum absolute atomic E-state index is 14.0. The normalized spacial score (nSPS) is 19.2. The van der Waals surface area contributed by atoms with Crippen LogP contribution in [0.15, 0.2) is 88.7 Å². The molecule has 1 saturated heterocycles. The Balaban J connectivity index is 1.40. The van der Waals surface area contributed by atoms with Gasteiger partial charge in [0.25, 0.3) is 0 Å². The molecule has 0 bridgehead atoms. The zero-order valence-corrected chi connectivity index (χ0v) is 25.2. The van der Waals surface area contributed by atoms with Crippen LogP contribution in [0.25, 0.3) is 0 Å². The lowest BCUT2D eigenvalue weighted by Crippen LogP contribution is -2.33. The highest BCUT2D eigenvalue weighted by Gasteiger charge is 2.56. The Morgan fingerprint density at radius 3 is 2.23 bits per heavy atom. The number of imide groups is 1. The van der Waals surface area contributed by atoms with Crippen molar-refractivity contribution in [3.63, 3.8) is 0 Å². The first-order valence-electron chi connectivity index (χ1n) is 14.0. The predicted octanol–water partition coefficient (Wildman–Crippen LogP) is 5.33. The van der Waals surface area contributed by atoms with Crippen LogP contribution in [0.4, 0.5) is 21.5 Å². The highest BCUT2D eigenvalue weighted by Crippen LogP contribution is 2.54. The standard InChI is InChI=1S/C32H29FN4O4S2/c1-3-35(4-2)22-16-10-19(11-17-22)25-26-27(30(40)37(29(26)39)23-8-6-5-7-9-23)42-31-28(25)43-32(41)36(31)18-24(38)34-21-14-12-20(33)13-15-21/h5-17,25-27H,3-4,18H2,1-2H3,(H,34,38). The first-order chi connectivity index (χ1) is 20.8. The van der Waals surface area contributed by atoms with E-state index < -0.39 is 28.8 Å². The molecule has 0 spiro atoms. The smallest absolute Gasteiger partial charge is 0.308 e. The summed E-state index contributed by atoms with van der Waals surface area (Å²) >= 11 is 2.18. The van der Waals surface area contributed by atoms with Crippen molar-refractivity contribution in [1.29, 1.82) is 0 Å². The van der Waals surface area contributed by atoms with Gasteiger partial charge in [0.05, 0.1) is 16.6 Å².